The second kappa shape index (κ2) is 2.22. The molecule has 0 aromatic carbocycles. The van der Waals surface area contributed by atoms with Crippen molar-refractivity contribution in [1.29, 1.82) is 5.26 Å². The van der Waals surface area contributed by atoms with E-state index in [9.17, 15) is 5.11 Å². The zero-order valence-corrected chi connectivity index (χ0v) is 7.39. The average molecular weight is 153 g/mol. The normalized spacial score (nSPS) is 41.9. The molecular weight excluding hydrogens is 138 g/mol. The first-order valence-corrected chi connectivity index (χ1v) is 4.03. The highest BCUT2D eigenvalue weighted by Gasteiger charge is 2.47. The Labute approximate surface area is 67.8 Å². The van der Waals surface area contributed by atoms with Gasteiger partial charge < -0.3 is 5.11 Å². The standard InChI is InChI=1S/C9H15NO/c1-7-4-8(2,3)5-9(7,11)6-10/h7,11H,4-5H2,1-3H3. The smallest absolute Gasteiger partial charge is 0.154 e. The molecule has 2 nitrogen and oxygen atoms in total. The zero-order valence-electron chi connectivity index (χ0n) is 7.39. The van der Waals surface area contributed by atoms with Crippen molar-refractivity contribution in [3.8, 4) is 6.07 Å². The molecule has 0 aliphatic heterocycles. The zero-order chi connectivity index (χ0) is 8.70. The summed E-state index contributed by atoms with van der Waals surface area (Å²) in [5, 5.41) is 18.5. The van der Waals surface area contributed by atoms with Crippen LogP contribution in [0.1, 0.15) is 33.6 Å². The van der Waals surface area contributed by atoms with Crippen molar-refractivity contribution in [2.45, 2.75) is 39.2 Å². The van der Waals surface area contributed by atoms with E-state index in [1.54, 1.807) is 0 Å². The number of rotatable bonds is 0. The summed E-state index contributed by atoms with van der Waals surface area (Å²) in [5.74, 6) is 0.113. The summed E-state index contributed by atoms with van der Waals surface area (Å²) in [6, 6.07) is 2.00. The minimum absolute atomic E-state index is 0.113. The molecule has 1 saturated carbocycles. The molecule has 1 aliphatic carbocycles. The maximum Gasteiger partial charge on any atom is 0.154 e. The highest BCUT2D eigenvalue weighted by molar-refractivity contribution is 5.11. The maximum atomic E-state index is 9.74. The highest BCUT2D eigenvalue weighted by atomic mass is 16.3. The lowest BCUT2D eigenvalue weighted by Crippen LogP contribution is -2.29. The van der Waals surface area contributed by atoms with Gasteiger partial charge in [0.05, 0.1) is 6.07 Å². The van der Waals surface area contributed by atoms with Crippen LogP contribution in [0.5, 0.6) is 0 Å². The lowest BCUT2D eigenvalue weighted by Gasteiger charge is -2.19. The summed E-state index contributed by atoms with van der Waals surface area (Å²) in [6.07, 6.45) is 1.55. The molecule has 1 aliphatic rings. The Hall–Kier alpha value is -0.550. The Morgan fingerprint density at radius 3 is 2.27 bits per heavy atom. The second-order valence-electron chi connectivity index (χ2n) is 4.48. The van der Waals surface area contributed by atoms with Crippen molar-refractivity contribution in [2.75, 3.05) is 0 Å². The Bertz CT molecular complexity index is 204. The first-order valence-electron chi connectivity index (χ1n) is 4.03. The molecular formula is C9H15NO. The van der Waals surface area contributed by atoms with Crippen LogP contribution < -0.4 is 0 Å². The van der Waals surface area contributed by atoms with Crippen molar-refractivity contribution >= 4 is 0 Å². The summed E-state index contributed by atoms with van der Waals surface area (Å²) in [4.78, 5) is 0. The Balaban J connectivity index is 2.84. The van der Waals surface area contributed by atoms with Gasteiger partial charge in [-0.15, -0.1) is 0 Å². The van der Waals surface area contributed by atoms with Crippen LogP contribution in [0.25, 0.3) is 0 Å². The van der Waals surface area contributed by atoms with Crippen LogP contribution in [-0.4, -0.2) is 10.7 Å². The fourth-order valence-electron chi connectivity index (χ4n) is 2.12. The van der Waals surface area contributed by atoms with Crippen LogP contribution in [0.15, 0.2) is 0 Å². The molecule has 1 N–H and O–H groups in total. The number of aliphatic hydroxyl groups is 1. The van der Waals surface area contributed by atoms with Crippen LogP contribution in [0.4, 0.5) is 0 Å². The monoisotopic (exact) mass is 153 g/mol. The molecule has 62 valence electrons. The van der Waals surface area contributed by atoms with Crippen LogP contribution >= 0.6 is 0 Å². The number of hydrogen-bond donors (Lipinski definition) is 1. The minimum Gasteiger partial charge on any atom is -0.375 e. The summed E-state index contributed by atoms with van der Waals surface area (Å²) in [6.45, 7) is 6.13. The van der Waals surface area contributed by atoms with Crippen LogP contribution in [-0.2, 0) is 0 Å². The van der Waals surface area contributed by atoms with Gasteiger partial charge in [-0.05, 0) is 24.2 Å². The molecule has 0 bridgehead atoms. The summed E-state index contributed by atoms with van der Waals surface area (Å²) >= 11 is 0. The molecule has 0 saturated heterocycles. The molecule has 0 aromatic heterocycles. The first kappa shape index (κ1) is 8.55. The number of nitriles is 1. The van der Waals surface area contributed by atoms with Crippen molar-refractivity contribution in [3.05, 3.63) is 0 Å². The summed E-state index contributed by atoms with van der Waals surface area (Å²) in [5.41, 5.74) is -0.937. The van der Waals surface area contributed by atoms with Gasteiger partial charge >= 0.3 is 0 Å². The minimum atomic E-state index is -1.07. The predicted octanol–water partition coefficient (Wildman–Crippen LogP) is 1.70. The van der Waals surface area contributed by atoms with E-state index in [2.05, 4.69) is 13.8 Å². The van der Waals surface area contributed by atoms with E-state index < -0.39 is 5.60 Å². The average Bonchev–Trinajstić information content (AvgIpc) is 2.03. The van der Waals surface area contributed by atoms with Gasteiger partial charge in [-0.1, -0.05) is 20.8 Å². The molecule has 0 aromatic rings. The Morgan fingerprint density at radius 2 is 2.09 bits per heavy atom. The van der Waals surface area contributed by atoms with Gasteiger partial charge in [-0.2, -0.15) is 5.26 Å². The van der Waals surface area contributed by atoms with Gasteiger partial charge in [0.25, 0.3) is 0 Å². The quantitative estimate of drug-likeness (QED) is 0.538. The van der Waals surface area contributed by atoms with Crippen molar-refractivity contribution in [3.63, 3.8) is 0 Å². The van der Waals surface area contributed by atoms with Gasteiger partial charge in [0.15, 0.2) is 5.60 Å². The Morgan fingerprint density at radius 1 is 1.55 bits per heavy atom. The maximum absolute atomic E-state index is 9.74. The molecule has 2 unspecified atom stereocenters. The summed E-state index contributed by atoms with van der Waals surface area (Å²) in [7, 11) is 0. The fourth-order valence-corrected chi connectivity index (χ4v) is 2.12. The van der Waals surface area contributed by atoms with Crippen molar-refractivity contribution in [2.24, 2.45) is 11.3 Å². The molecule has 1 rings (SSSR count). The summed E-state index contributed by atoms with van der Waals surface area (Å²) < 4.78 is 0. The van der Waals surface area contributed by atoms with Crippen molar-refractivity contribution in [1.82, 2.24) is 0 Å². The largest absolute Gasteiger partial charge is 0.375 e. The SMILES string of the molecule is CC1CC(C)(C)CC1(O)C#N. The van der Waals surface area contributed by atoms with Gasteiger partial charge in [0, 0.05) is 0 Å². The number of hydrogen-bond acceptors (Lipinski definition) is 2. The second-order valence-corrected chi connectivity index (χ2v) is 4.48. The van der Waals surface area contributed by atoms with Crippen LogP contribution in [0.2, 0.25) is 0 Å². The predicted molar refractivity (Wildman–Crippen MR) is 42.7 cm³/mol. The molecule has 2 atom stereocenters. The van der Waals surface area contributed by atoms with Gasteiger partial charge in [-0.25, -0.2) is 0 Å². The lowest BCUT2D eigenvalue weighted by atomic mass is 9.90. The number of nitrogens with zero attached hydrogens (tertiary/aromatic N) is 1. The third-order valence-electron chi connectivity index (χ3n) is 2.62. The van der Waals surface area contributed by atoms with Crippen LogP contribution in [0, 0.1) is 22.7 Å². The fraction of sp³-hybridized carbons (Fsp3) is 0.889. The van der Waals surface area contributed by atoms with E-state index in [0.29, 0.717) is 6.42 Å². The lowest BCUT2D eigenvalue weighted by molar-refractivity contribution is 0.0609. The van der Waals surface area contributed by atoms with E-state index in [1.807, 2.05) is 13.0 Å². The van der Waals surface area contributed by atoms with E-state index in [0.717, 1.165) is 6.42 Å². The van der Waals surface area contributed by atoms with Gasteiger partial charge in [0.1, 0.15) is 0 Å². The molecule has 0 radical (unpaired) electrons. The first-order chi connectivity index (χ1) is 4.90. The van der Waals surface area contributed by atoms with E-state index in [4.69, 9.17) is 5.26 Å². The van der Waals surface area contributed by atoms with E-state index >= 15 is 0 Å². The molecule has 0 heterocycles. The molecule has 0 spiro atoms. The van der Waals surface area contributed by atoms with E-state index in [-0.39, 0.29) is 11.3 Å². The molecule has 11 heavy (non-hydrogen) atoms. The Kier molecular flexibility index (Phi) is 1.72. The topological polar surface area (TPSA) is 44.0 Å². The molecule has 1 fully saturated rings. The highest BCUT2D eigenvalue weighted by Crippen LogP contribution is 2.46. The third-order valence-corrected chi connectivity index (χ3v) is 2.62. The van der Waals surface area contributed by atoms with Crippen LogP contribution in [0.3, 0.4) is 0 Å². The van der Waals surface area contributed by atoms with Crippen molar-refractivity contribution < 1.29 is 5.11 Å². The molecule has 2 heteroatoms. The molecule has 0 amide bonds. The van der Waals surface area contributed by atoms with E-state index in [1.165, 1.54) is 0 Å². The third kappa shape index (κ3) is 1.39. The van der Waals surface area contributed by atoms with Gasteiger partial charge in [-0.3, -0.25) is 0 Å². The van der Waals surface area contributed by atoms with Gasteiger partial charge in [0.2, 0.25) is 0 Å².